The van der Waals surface area contributed by atoms with Crippen LogP contribution >= 0.6 is 0 Å². The van der Waals surface area contributed by atoms with E-state index in [0.717, 1.165) is 6.04 Å². The minimum atomic E-state index is 0.911. The third-order valence-electron chi connectivity index (χ3n) is 3.92. The van der Waals surface area contributed by atoms with E-state index < -0.39 is 0 Å². The predicted molar refractivity (Wildman–Crippen MR) is 72.9 cm³/mol. The Balaban J connectivity index is 2.12. The Hall–Kier alpha value is -0.0400. The van der Waals surface area contributed by atoms with Crippen LogP contribution < -0.4 is 0 Å². The van der Waals surface area contributed by atoms with Crippen molar-refractivity contribution in [2.24, 2.45) is 0 Å². The number of likely N-dealkylation sites (tertiary alicyclic amines) is 1. The van der Waals surface area contributed by atoms with Crippen molar-refractivity contribution >= 4 is 0 Å². The summed E-state index contributed by atoms with van der Waals surface area (Å²) in [6.45, 7) is 7.38. The van der Waals surface area contributed by atoms with Gasteiger partial charge in [0.1, 0.15) is 0 Å². The maximum absolute atomic E-state index is 2.75. The van der Waals surface area contributed by atoms with E-state index in [4.69, 9.17) is 0 Å². The summed E-state index contributed by atoms with van der Waals surface area (Å²) in [5, 5.41) is 0. The van der Waals surface area contributed by atoms with Gasteiger partial charge in [0.15, 0.2) is 0 Å². The minimum absolute atomic E-state index is 0.911. The van der Waals surface area contributed by atoms with Crippen LogP contribution in [0.3, 0.4) is 0 Å². The Labute approximate surface area is 103 Å². The van der Waals surface area contributed by atoms with Crippen LogP contribution in [0.2, 0.25) is 0 Å². The molecule has 0 bridgehead atoms. The number of hydrogen-bond donors (Lipinski definition) is 0. The Bertz CT molecular complexity index is 150. The van der Waals surface area contributed by atoms with Gasteiger partial charge >= 0.3 is 0 Å². The lowest BCUT2D eigenvalue weighted by molar-refractivity contribution is 0.213. The van der Waals surface area contributed by atoms with Crippen LogP contribution in [0, 0.1) is 0 Å². The largest absolute Gasteiger partial charge is 0.300 e. The van der Waals surface area contributed by atoms with Crippen molar-refractivity contribution in [3.63, 3.8) is 0 Å². The molecule has 0 aliphatic carbocycles. The molecule has 1 heterocycles. The van der Waals surface area contributed by atoms with Gasteiger partial charge < -0.3 is 4.90 Å². The third-order valence-corrected chi connectivity index (χ3v) is 3.92. The molecule has 1 heteroatoms. The highest BCUT2D eigenvalue weighted by atomic mass is 15.2. The van der Waals surface area contributed by atoms with Crippen molar-refractivity contribution < 1.29 is 0 Å². The van der Waals surface area contributed by atoms with Gasteiger partial charge in [0, 0.05) is 6.04 Å². The minimum Gasteiger partial charge on any atom is -0.300 e. The van der Waals surface area contributed by atoms with Gasteiger partial charge in [-0.05, 0) is 38.8 Å². The molecule has 1 fully saturated rings. The zero-order valence-corrected chi connectivity index (χ0v) is 11.5. The fourth-order valence-electron chi connectivity index (χ4n) is 2.93. The van der Waals surface area contributed by atoms with Crippen LogP contribution in [0.15, 0.2) is 0 Å². The van der Waals surface area contributed by atoms with Crippen molar-refractivity contribution in [2.45, 2.75) is 84.1 Å². The predicted octanol–water partition coefficient (Wildman–Crippen LogP) is 4.61. The van der Waals surface area contributed by atoms with Crippen molar-refractivity contribution in [3.05, 3.63) is 0 Å². The second-order valence-electron chi connectivity index (χ2n) is 5.39. The molecule has 1 rings (SSSR count). The van der Waals surface area contributed by atoms with E-state index in [9.17, 15) is 0 Å². The highest BCUT2D eigenvalue weighted by molar-refractivity contribution is 4.76. The lowest BCUT2D eigenvalue weighted by Gasteiger charge is -2.27. The van der Waals surface area contributed by atoms with Gasteiger partial charge in [0.05, 0.1) is 0 Å². The molecule has 96 valence electrons. The molecule has 1 aliphatic rings. The van der Waals surface area contributed by atoms with Crippen molar-refractivity contribution in [1.82, 2.24) is 4.90 Å². The highest BCUT2D eigenvalue weighted by Crippen LogP contribution is 2.20. The maximum atomic E-state index is 2.75. The zero-order valence-electron chi connectivity index (χ0n) is 11.5. The summed E-state index contributed by atoms with van der Waals surface area (Å²) in [7, 11) is 0. The van der Waals surface area contributed by atoms with Crippen molar-refractivity contribution in [1.29, 1.82) is 0 Å². The Morgan fingerprint density at radius 2 is 1.50 bits per heavy atom. The van der Waals surface area contributed by atoms with Gasteiger partial charge in [-0.3, -0.25) is 0 Å². The fraction of sp³-hybridized carbons (Fsp3) is 1.00. The monoisotopic (exact) mass is 225 g/mol. The summed E-state index contributed by atoms with van der Waals surface area (Å²) in [5.41, 5.74) is 0. The van der Waals surface area contributed by atoms with E-state index in [1.165, 1.54) is 77.3 Å². The number of nitrogens with zero attached hydrogens (tertiary/aromatic N) is 1. The second kappa shape index (κ2) is 9.04. The molecular formula is C15H31N. The lowest BCUT2D eigenvalue weighted by atomic mass is 10.0. The fourth-order valence-corrected chi connectivity index (χ4v) is 2.93. The Kier molecular flexibility index (Phi) is 7.92. The first-order valence-electron chi connectivity index (χ1n) is 7.62. The first-order chi connectivity index (χ1) is 7.88. The zero-order chi connectivity index (χ0) is 11.6. The molecule has 16 heavy (non-hydrogen) atoms. The van der Waals surface area contributed by atoms with E-state index in [1.807, 2.05) is 0 Å². The van der Waals surface area contributed by atoms with Crippen LogP contribution in [0.5, 0.6) is 0 Å². The summed E-state index contributed by atoms with van der Waals surface area (Å²) in [6, 6.07) is 0.911. The Morgan fingerprint density at radius 3 is 2.12 bits per heavy atom. The van der Waals surface area contributed by atoms with Gasteiger partial charge in [-0.25, -0.2) is 0 Å². The quantitative estimate of drug-likeness (QED) is 0.518. The summed E-state index contributed by atoms with van der Waals surface area (Å²) in [5.74, 6) is 0. The molecule has 0 spiro atoms. The average molecular weight is 225 g/mol. The van der Waals surface area contributed by atoms with Gasteiger partial charge in [-0.2, -0.15) is 0 Å². The molecule has 0 aromatic carbocycles. The summed E-state index contributed by atoms with van der Waals surface area (Å²) < 4.78 is 0. The maximum Gasteiger partial charge on any atom is 0.00951 e. The lowest BCUT2D eigenvalue weighted by Crippen LogP contribution is -2.32. The van der Waals surface area contributed by atoms with E-state index >= 15 is 0 Å². The molecule has 0 saturated carbocycles. The van der Waals surface area contributed by atoms with E-state index in [-0.39, 0.29) is 0 Å². The molecule has 0 amide bonds. The molecule has 1 aliphatic heterocycles. The molecule has 1 nitrogen and oxygen atoms in total. The van der Waals surface area contributed by atoms with Crippen molar-refractivity contribution in [2.75, 3.05) is 13.1 Å². The van der Waals surface area contributed by atoms with Crippen LogP contribution in [0.4, 0.5) is 0 Å². The smallest absolute Gasteiger partial charge is 0.00951 e. The molecule has 0 aromatic heterocycles. The second-order valence-corrected chi connectivity index (χ2v) is 5.39. The summed E-state index contributed by atoms with van der Waals surface area (Å²) in [6.07, 6.45) is 14.3. The normalized spacial score (nSPS) is 19.1. The molecular weight excluding hydrogens is 194 g/mol. The number of hydrogen-bond acceptors (Lipinski definition) is 1. The molecule has 1 atom stereocenters. The molecule has 0 aromatic rings. The topological polar surface area (TPSA) is 3.24 Å². The van der Waals surface area contributed by atoms with E-state index in [2.05, 4.69) is 18.7 Å². The molecule has 0 radical (unpaired) electrons. The summed E-state index contributed by atoms with van der Waals surface area (Å²) in [4.78, 5) is 2.75. The van der Waals surface area contributed by atoms with Crippen LogP contribution in [0.25, 0.3) is 0 Å². The van der Waals surface area contributed by atoms with Crippen LogP contribution in [0.1, 0.15) is 78.1 Å². The highest BCUT2D eigenvalue weighted by Gasteiger charge is 2.20. The van der Waals surface area contributed by atoms with E-state index in [0.29, 0.717) is 0 Å². The average Bonchev–Trinajstić information content (AvgIpc) is 2.81. The number of rotatable bonds is 9. The van der Waals surface area contributed by atoms with Crippen molar-refractivity contribution in [3.8, 4) is 0 Å². The summed E-state index contributed by atoms with van der Waals surface area (Å²) >= 11 is 0. The van der Waals surface area contributed by atoms with Gasteiger partial charge in [0.25, 0.3) is 0 Å². The van der Waals surface area contributed by atoms with Gasteiger partial charge in [-0.1, -0.05) is 52.4 Å². The standard InChI is InChI=1S/C15H31N/c1-3-5-6-7-8-12-15(11-4-2)16-13-9-10-14-16/h15H,3-14H2,1-2H3. The SMILES string of the molecule is CCCCCCCC(CCC)N1CCCC1. The van der Waals surface area contributed by atoms with Crippen LogP contribution in [-0.2, 0) is 0 Å². The van der Waals surface area contributed by atoms with Gasteiger partial charge in [-0.15, -0.1) is 0 Å². The third kappa shape index (κ3) is 5.34. The number of unbranched alkanes of at least 4 members (excludes halogenated alkanes) is 4. The van der Waals surface area contributed by atoms with Crippen LogP contribution in [-0.4, -0.2) is 24.0 Å². The first kappa shape index (κ1) is 14.0. The first-order valence-corrected chi connectivity index (χ1v) is 7.62. The molecule has 1 unspecified atom stereocenters. The van der Waals surface area contributed by atoms with Gasteiger partial charge in [0.2, 0.25) is 0 Å². The molecule has 0 N–H and O–H groups in total. The molecule has 1 saturated heterocycles. The Morgan fingerprint density at radius 1 is 0.812 bits per heavy atom. The van der Waals surface area contributed by atoms with E-state index in [1.54, 1.807) is 0 Å².